The number of benzene rings is 1. The van der Waals surface area contributed by atoms with Crippen LogP contribution < -0.4 is 5.73 Å². The highest BCUT2D eigenvalue weighted by Gasteiger charge is 2.21. The topological polar surface area (TPSA) is 35.2 Å². The van der Waals surface area contributed by atoms with Crippen LogP contribution in [0.2, 0.25) is 0 Å². The van der Waals surface area contributed by atoms with Crippen LogP contribution in [0, 0.1) is 5.82 Å². The molecule has 0 spiro atoms. The van der Waals surface area contributed by atoms with Gasteiger partial charge in [-0.2, -0.15) is 0 Å². The van der Waals surface area contributed by atoms with Crippen molar-refractivity contribution in [3.05, 3.63) is 35.6 Å². The van der Waals surface area contributed by atoms with Crippen molar-refractivity contribution in [2.24, 2.45) is 5.73 Å². The minimum atomic E-state index is -0.286. The van der Waals surface area contributed by atoms with E-state index in [4.69, 9.17) is 10.5 Å². The predicted molar refractivity (Wildman–Crippen MR) is 59.0 cm³/mol. The van der Waals surface area contributed by atoms with Crippen molar-refractivity contribution in [2.45, 2.75) is 31.9 Å². The lowest BCUT2D eigenvalue weighted by Crippen LogP contribution is -2.28. The fourth-order valence-corrected chi connectivity index (χ4v) is 1.47. The Kier molecular flexibility index (Phi) is 3.83. The molecule has 0 radical (unpaired) electrons. The molecule has 0 saturated carbocycles. The molecule has 1 atom stereocenters. The Morgan fingerprint density at radius 3 is 2.67 bits per heavy atom. The molecule has 1 rings (SSSR count). The lowest BCUT2D eigenvalue weighted by atomic mass is 9.94. The van der Waals surface area contributed by atoms with E-state index in [-0.39, 0.29) is 17.5 Å². The molecule has 84 valence electrons. The minimum Gasteiger partial charge on any atom is -0.379 e. The van der Waals surface area contributed by atoms with E-state index < -0.39 is 0 Å². The second kappa shape index (κ2) is 4.73. The summed E-state index contributed by atoms with van der Waals surface area (Å²) in [6.45, 7) is 3.93. The van der Waals surface area contributed by atoms with Crippen LogP contribution in [0.1, 0.15) is 31.9 Å². The number of ether oxygens (including phenoxy) is 1. The molecule has 1 aromatic carbocycles. The van der Waals surface area contributed by atoms with Gasteiger partial charge in [0.05, 0.1) is 5.60 Å². The second-order valence-corrected chi connectivity index (χ2v) is 4.33. The van der Waals surface area contributed by atoms with E-state index in [0.29, 0.717) is 6.42 Å². The van der Waals surface area contributed by atoms with Crippen molar-refractivity contribution in [1.29, 1.82) is 0 Å². The largest absolute Gasteiger partial charge is 0.379 e. The van der Waals surface area contributed by atoms with Crippen LogP contribution in [0.3, 0.4) is 0 Å². The maximum absolute atomic E-state index is 13.0. The van der Waals surface area contributed by atoms with Crippen molar-refractivity contribution in [2.75, 3.05) is 7.11 Å². The van der Waals surface area contributed by atoms with Gasteiger partial charge in [-0.25, -0.2) is 4.39 Å². The third kappa shape index (κ3) is 3.61. The van der Waals surface area contributed by atoms with Crippen molar-refractivity contribution in [1.82, 2.24) is 0 Å². The molecule has 0 heterocycles. The number of hydrogen-bond acceptors (Lipinski definition) is 2. The Labute approximate surface area is 90.2 Å². The van der Waals surface area contributed by atoms with Gasteiger partial charge in [0.2, 0.25) is 0 Å². The van der Waals surface area contributed by atoms with E-state index in [0.717, 1.165) is 5.56 Å². The van der Waals surface area contributed by atoms with Crippen molar-refractivity contribution >= 4 is 0 Å². The van der Waals surface area contributed by atoms with E-state index in [1.54, 1.807) is 13.2 Å². The Balaban J connectivity index is 2.73. The van der Waals surface area contributed by atoms with Crippen LogP contribution in [0.25, 0.3) is 0 Å². The van der Waals surface area contributed by atoms with E-state index in [2.05, 4.69) is 0 Å². The third-order valence-corrected chi connectivity index (χ3v) is 2.54. The maximum Gasteiger partial charge on any atom is 0.123 e. The molecule has 3 heteroatoms. The quantitative estimate of drug-likeness (QED) is 0.831. The fraction of sp³-hybridized carbons (Fsp3) is 0.500. The molecule has 2 N–H and O–H groups in total. The lowest BCUT2D eigenvalue weighted by molar-refractivity contribution is 0.00993. The first-order valence-electron chi connectivity index (χ1n) is 5.01. The summed E-state index contributed by atoms with van der Waals surface area (Å²) in [4.78, 5) is 0. The van der Waals surface area contributed by atoms with Crippen LogP contribution in [0.4, 0.5) is 4.39 Å². The van der Waals surface area contributed by atoms with Crippen molar-refractivity contribution in [3.63, 3.8) is 0 Å². The van der Waals surface area contributed by atoms with Crippen LogP contribution >= 0.6 is 0 Å². The van der Waals surface area contributed by atoms with Crippen LogP contribution in [0.5, 0.6) is 0 Å². The molecule has 0 amide bonds. The standard InChI is InChI=1S/C12H18FNO/c1-12(2,15-3)8-11(14)9-5-4-6-10(13)7-9/h4-7,11H,8,14H2,1-3H3. The van der Waals surface area contributed by atoms with Crippen LogP contribution in [0.15, 0.2) is 24.3 Å². The Morgan fingerprint density at radius 2 is 2.13 bits per heavy atom. The van der Waals surface area contributed by atoms with Gasteiger partial charge in [-0.15, -0.1) is 0 Å². The van der Waals surface area contributed by atoms with Gasteiger partial charge in [-0.05, 0) is 38.0 Å². The zero-order valence-electron chi connectivity index (χ0n) is 9.46. The third-order valence-electron chi connectivity index (χ3n) is 2.54. The molecule has 2 nitrogen and oxygen atoms in total. The Bertz CT molecular complexity index is 325. The summed E-state index contributed by atoms with van der Waals surface area (Å²) < 4.78 is 18.2. The zero-order chi connectivity index (χ0) is 11.5. The first-order chi connectivity index (χ1) is 6.94. The summed E-state index contributed by atoms with van der Waals surface area (Å²) in [5.41, 5.74) is 6.50. The summed E-state index contributed by atoms with van der Waals surface area (Å²) >= 11 is 0. The number of hydrogen-bond donors (Lipinski definition) is 1. The summed E-state index contributed by atoms with van der Waals surface area (Å²) in [5.74, 6) is -0.252. The maximum atomic E-state index is 13.0. The van der Waals surface area contributed by atoms with Gasteiger partial charge in [0.15, 0.2) is 0 Å². The van der Waals surface area contributed by atoms with Gasteiger partial charge in [-0.1, -0.05) is 12.1 Å². The molecule has 0 aliphatic heterocycles. The summed E-state index contributed by atoms with van der Waals surface area (Å²) in [6, 6.07) is 6.19. The van der Waals surface area contributed by atoms with Crippen molar-refractivity contribution < 1.29 is 9.13 Å². The fourth-order valence-electron chi connectivity index (χ4n) is 1.47. The van der Waals surface area contributed by atoms with E-state index in [1.807, 2.05) is 19.9 Å². The van der Waals surface area contributed by atoms with E-state index in [9.17, 15) is 4.39 Å². The highest BCUT2D eigenvalue weighted by Crippen LogP contribution is 2.24. The molecular weight excluding hydrogens is 193 g/mol. The van der Waals surface area contributed by atoms with Gasteiger partial charge in [0.25, 0.3) is 0 Å². The van der Waals surface area contributed by atoms with E-state index >= 15 is 0 Å². The highest BCUT2D eigenvalue weighted by atomic mass is 19.1. The van der Waals surface area contributed by atoms with Gasteiger partial charge >= 0.3 is 0 Å². The second-order valence-electron chi connectivity index (χ2n) is 4.33. The van der Waals surface area contributed by atoms with Gasteiger partial charge in [0.1, 0.15) is 5.82 Å². The molecule has 0 fully saturated rings. The molecule has 0 aromatic heterocycles. The first-order valence-corrected chi connectivity index (χ1v) is 5.01. The molecule has 15 heavy (non-hydrogen) atoms. The molecule has 0 bridgehead atoms. The van der Waals surface area contributed by atoms with Crippen LogP contribution in [-0.2, 0) is 4.74 Å². The summed E-state index contributed by atoms with van der Waals surface area (Å²) in [5, 5.41) is 0. The average Bonchev–Trinajstić information content (AvgIpc) is 2.17. The molecule has 1 unspecified atom stereocenters. The van der Waals surface area contributed by atoms with Gasteiger partial charge in [-0.3, -0.25) is 0 Å². The summed E-state index contributed by atoms with van der Waals surface area (Å²) in [7, 11) is 1.65. The summed E-state index contributed by atoms with van der Waals surface area (Å²) in [6.07, 6.45) is 0.660. The van der Waals surface area contributed by atoms with E-state index in [1.165, 1.54) is 12.1 Å². The number of halogens is 1. The minimum absolute atomic E-state index is 0.198. The number of rotatable bonds is 4. The lowest BCUT2D eigenvalue weighted by Gasteiger charge is -2.26. The first kappa shape index (κ1) is 12.1. The zero-order valence-corrected chi connectivity index (χ0v) is 9.46. The Hall–Kier alpha value is -0.930. The smallest absolute Gasteiger partial charge is 0.123 e. The monoisotopic (exact) mass is 211 g/mol. The molecule has 1 aromatic rings. The molecule has 0 aliphatic carbocycles. The molecular formula is C12H18FNO. The predicted octanol–water partition coefficient (Wildman–Crippen LogP) is 2.64. The normalized spacial score (nSPS) is 13.9. The SMILES string of the molecule is COC(C)(C)CC(N)c1cccc(F)c1. The van der Waals surface area contributed by atoms with Crippen molar-refractivity contribution in [3.8, 4) is 0 Å². The van der Waals surface area contributed by atoms with Crippen LogP contribution in [-0.4, -0.2) is 12.7 Å². The average molecular weight is 211 g/mol. The van der Waals surface area contributed by atoms with Gasteiger partial charge < -0.3 is 10.5 Å². The molecule has 0 aliphatic rings. The number of nitrogens with two attached hydrogens (primary N) is 1. The number of methoxy groups -OCH3 is 1. The highest BCUT2D eigenvalue weighted by molar-refractivity contribution is 5.20. The van der Waals surface area contributed by atoms with Gasteiger partial charge in [0, 0.05) is 13.2 Å². The Morgan fingerprint density at radius 1 is 1.47 bits per heavy atom. The molecule has 0 saturated heterocycles.